The van der Waals surface area contributed by atoms with Crippen molar-refractivity contribution in [1.29, 1.82) is 0 Å². The molecule has 0 unspecified atom stereocenters. The third-order valence-electron chi connectivity index (χ3n) is 2.78. The average Bonchev–Trinajstić information content (AvgIpc) is 2.47. The monoisotopic (exact) mass is 288 g/mol. The van der Waals surface area contributed by atoms with Gasteiger partial charge in [0.25, 0.3) is 0 Å². The molecule has 1 heterocycles. The highest BCUT2D eigenvalue weighted by molar-refractivity contribution is 5.66. The van der Waals surface area contributed by atoms with Gasteiger partial charge in [-0.2, -0.15) is 0 Å². The molecule has 0 saturated heterocycles. The smallest absolute Gasteiger partial charge is 0.146 e. The Hall–Kier alpha value is -2.50. The summed E-state index contributed by atoms with van der Waals surface area (Å²) in [6, 6.07) is 7.72. The lowest BCUT2D eigenvalue weighted by atomic mass is 10.2. The van der Waals surface area contributed by atoms with E-state index in [9.17, 15) is 0 Å². The minimum atomic E-state index is 0.309. The second-order valence-corrected chi connectivity index (χ2v) is 4.78. The van der Waals surface area contributed by atoms with Crippen molar-refractivity contribution < 1.29 is 9.47 Å². The molecule has 0 saturated carbocycles. The van der Waals surface area contributed by atoms with Crippen molar-refractivity contribution in [2.75, 3.05) is 24.9 Å². The van der Waals surface area contributed by atoms with Gasteiger partial charge in [-0.15, -0.1) is 0 Å². The molecule has 0 amide bonds. The van der Waals surface area contributed by atoms with Crippen molar-refractivity contribution in [2.45, 2.75) is 19.9 Å². The maximum Gasteiger partial charge on any atom is 0.146 e. The first kappa shape index (κ1) is 14.9. The van der Waals surface area contributed by atoms with Gasteiger partial charge in [-0.05, 0) is 26.0 Å². The maximum absolute atomic E-state index is 5.35. The number of rotatable bonds is 6. The molecule has 112 valence electrons. The number of methoxy groups -OCH3 is 2. The number of hydrogen-bond donors (Lipinski definition) is 2. The average molecular weight is 288 g/mol. The standard InChI is InChI=1S/C15H20N4O2/c1-10(2)18-14-8-15(17-9-16-14)19-12-6-5-11(20-3)7-13(12)21-4/h5-10H,1-4H3,(H2,16,17,18,19). The summed E-state index contributed by atoms with van der Waals surface area (Å²) in [6.07, 6.45) is 1.52. The molecule has 0 fully saturated rings. The highest BCUT2D eigenvalue weighted by Crippen LogP contribution is 2.31. The van der Waals surface area contributed by atoms with E-state index in [2.05, 4.69) is 34.4 Å². The van der Waals surface area contributed by atoms with Crippen LogP contribution in [0.1, 0.15) is 13.8 Å². The first-order valence-electron chi connectivity index (χ1n) is 6.70. The molecule has 0 bridgehead atoms. The second-order valence-electron chi connectivity index (χ2n) is 4.78. The van der Waals surface area contributed by atoms with Crippen LogP contribution in [0.15, 0.2) is 30.6 Å². The Kier molecular flexibility index (Phi) is 4.81. The van der Waals surface area contributed by atoms with Crippen LogP contribution in [0.4, 0.5) is 17.3 Å². The molecule has 2 rings (SSSR count). The summed E-state index contributed by atoms with van der Waals surface area (Å²) >= 11 is 0. The molecule has 0 radical (unpaired) electrons. The number of nitrogens with zero attached hydrogens (tertiary/aromatic N) is 2. The number of anilines is 3. The highest BCUT2D eigenvalue weighted by atomic mass is 16.5. The van der Waals surface area contributed by atoms with E-state index in [1.54, 1.807) is 14.2 Å². The Morgan fingerprint density at radius 3 is 2.43 bits per heavy atom. The molecule has 1 aromatic heterocycles. The number of benzene rings is 1. The summed E-state index contributed by atoms with van der Waals surface area (Å²) in [6.45, 7) is 4.11. The maximum atomic E-state index is 5.35. The molecule has 6 nitrogen and oxygen atoms in total. The van der Waals surface area contributed by atoms with Gasteiger partial charge in [-0.25, -0.2) is 9.97 Å². The van der Waals surface area contributed by atoms with Crippen molar-refractivity contribution in [2.24, 2.45) is 0 Å². The predicted octanol–water partition coefficient (Wildman–Crippen LogP) is 3.06. The van der Waals surface area contributed by atoms with Gasteiger partial charge in [-0.3, -0.25) is 0 Å². The van der Waals surface area contributed by atoms with Gasteiger partial charge in [0.15, 0.2) is 0 Å². The fourth-order valence-corrected chi connectivity index (χ4v) is 1.84. The quantitative estimate of drug-likeness (QED) is 0.851. The summed E-state index contributed by atoms with van der Waals surface area (Å²) in [7, 11) is 3.24. The number of hydrogen-bond acceptors (Lipinski definition) is 6. The Bertz CT molecular complexity index is 602. The largest absolute Gasteiger partial charge is 0.497 e. The van der Waals surface area contributed by atoms with E-state index in [-0.39, 0.29) is 0 Å². The molecule has 6 heteroatoms. The number of aromatic nitrogens is 2. The third kappa shape index (κ3) is 3.98. The Labute approximate surface area is 124 Å². The van der Waals surface area contributed by atoms with Crippen LogP contribution in [0.25, 0.3) is 0 Å². The summed E-state index contributed by atoms with van der Waals surface area (Å²) in [5, 5.41) is 6.45. The Morgan fingerprint density at radius 1 is 1.00 bits per heavy atom. The molecule has 2 aromatic rings. The topological polar surface area (TPSA) is 68.3 Å². The van der Waals surface area contributed by atoms with Gasteiger partial charge in [0.05, 0.1) is 19.9 Å². The fraction of sp³-hybridized carbons (Fsp3) is 0.333. The molecule has 2 N–H and O–H groups in total. The second kappa shape index (κ2) is 6.78. The van der Waals surface area contributed by atoms with Crippen LogP contribution in [0.2, 0.25) is 0 Å². The zero-order chi connectivity index (χ0) is 15.2. The van der Waals surface area contributed by atoms with Crippen LogP contribution >= 0.6 is 0 Å². The van der Waals surface area contributed by atoms with E-state index in [1.165, 1.54) is 6.33 Å². The van der Waals surface area contributed by atoms with Crippen LogP contribution in [0, 0.1) is 0 Å². The van der Waals surface area contributed by atoms with Crippen LogP contribution in [-0.4, -0.2) is 30.2 Å². The van der Waals surface area contributed by atoms with Crippen LogP contribution in [0.5, 0.6) is 11.5 Å². The molecule has 0 atom stereocenters. The molecule has 21 heavy (non-hydrogen) atoms. The van der Waals surface area contributed by atoms with E-state index >= 15 is 0 Å². The summed E-state index contributed by atoms with van der Waals surface area (Å²) in [5.41, 5.74) is 0.812. The minimum absolute atomic E-state index is 0.309. The summed E-state index contributed by atoms with van der Waals surface area (Å²) in [5.74, 6) is 2.89. The van der Waals surface area contributed by atoms with Gasteiger partial charge in [-0.1, -0.05) is 0 Å². The highest BCUT2D eigenvalue weighted by Gasteiger charge is 2.07. The lowest BCUT2D eigenvalue weighted by molar-refractivity contribution is 0.395. The van der Waals surface area contributed by atoms with Gasteiger partial charge in [0.1, 0.15) is 29.5 Å². The fourth-order valence-electron chi connectivity index (χ4n) is 1.84. The van der Waals surface area contributed by atoms with Gasteiger partial charge >= 0.3 is 0 Å². The van der Waals surface area contributed by atoms with Crippen LogP contribution < -0.4 is 20.1 Å². The SMILES string of the molecule is COc1ccc(Nc2cc(NC(C)C)ncn2)c(OC)c1. The third-order valence-corrected chi connectivity index (χ3v) is 2.78. The number of ether oxygens (including phenoxy) is 2. The van der Waals surface area contributed by atoms with Crippen LogP contribution in [-0.2, 0) is 0 Å². The van der Waals surface area contributed by atoms with Crippen molar-refractivity contribution in [1.82, 2.24) is 9.97 Å². The molecule has 1 aromatic carbocycles. The van der Waals surface area contributed by atoms with Crippen molar-refractivity contribution in [3.8, 4) is 11.5 Å². The summed E-state index contributed by atoms with van der Waals surface area (Å²) in [4.78, 5) is 8.39. The molecule has 0 spiro atoms. The lowest BCUT2D eigenvalue weighted by Crippen LogP contribution is -2.11. The van der Waals surface area contributed by atoms with E-state index < -0.39 is 0 Å². The van der Waals surface area contributed by atoms with Gasteiger partial charge in [0.2, 0.25) is 0 Å². The molecule has 0 aliphatic carbocycles. The number of nitrogens with one attached hydrogen (secondary N) is 2. The normalized spacial score (nSPS) is 10.3. The Balaban J connectivity index is 2.21. The van der Waals surface area contributed by atoms with Gasteiger partial charge in [0, 0.05) is 18.2 Å². The van der Waals surface area contributed by atoms with E-state index in [0.717, 1.165) is 17.3 Å². The molecule has 0 aliphatic heterocycles. The summed E-state index contributed by atoms with van der Waals surface area (Å²) < 4.78 is 10.5. The van der Waals surface area contributed by atoms with E-state index in [0.29, 0.717) is 17.6 Å². The predicted molar refractivity (Wildman–Crippen MR) is 83.6 cm³/mol. The zero-order valence-electron chi connectivity index (χ0n) is 12.7. The lowest BCUT2D eigenvalue weighted by Gasteiger charge is -2.13. The van der Waals surface area contributed by atoms with Crippen LogP contribution in [0.3, 0.4) is 0 Å². The Morgan fingerprint density at radius 2 is 1.76 bits per heavy atom. The molecular weight excluding hydrogens is 268 g/mol. The molecule has 0 aliphatic rings. The first-order valence-corrected chi connectivity index (χ1v) is 6.70. The van der Waals surface area contributed by atoms with E-state index in [4.69, 9.17) is 9.47 Å². The van der Waals surface area contributed by atoms with Crippen molar-refractivity contribution in [3.63, 3.8) is 0 Å². The van der Waals surface area contributed by atoms with Crippen molar-refractivity contribution >= 4 is 17.3 Å². The zero-order valence-corrected chi connectivity index (χ0v) is 12.7. The van der Waals surface area contributed by atoms with Crippen molar-refractivity contribution in [3.05, 3.63) is 30.6 Å². The van der Waals surface area contributed by atoms with E-state index in [1.807, 2.05) is 24.3 Å². The molecular formula is C15H20N4O2. The van der Waals surface area contributed by atoms with Gasteiger partial charge < -0.3 is 20.1 Å². The minimum Gasteiger partial charge on any atom is -0.497 e. The first-order chi connectivity index (χ1) is 10.1.